The van der Waals surface area contributed by atoms with Gasteiger partial charge in [0.05, 0.1) is 22.1 Å². The molecule has 66 heavy (non-hydrogen) atoms. The van der Waals surface area contributed by atoms with Crippen molar-refractivity contribution in [3.8, 4) is 33.6 Å². The lowest BCUT2D eigenvalue weighted by Crippen LogP contribution is -1.94. The van der Waals surface area contributed by atoms with Crippen LogP contribution in [0.15, 0.2) is 217 Å². The fourth-order valence-corrected chi connectivity index (χ4v) is 13.2. The van der Waals surface area contributed by atoms with E-state index in [2.05, 4.69) is 226 Å². The third-order valence-electron chi connectivity index (χ3n) is 14.2. The highest BCUT2D eigenvalue weighted by Gasteiger charge is 2.22. The van der Waals surface area contributed by atoms with E-state index in [0.29, 0.717) is 0 Å². The Morgan fingerprint density at radius 1 is 0.242 bits per heavy atom. The molecule has 15 aromatic rings. The van der Waals surface area contributed by atoms with E-state index in [1.54, 1.807) is 0 Å². The maximum Gasteiger partial charge on any atom is 0.0547 e. The number of rotatable bonds is 4. The summed E-state index contributed by atoms with van der Waals surface area (Å²) in [6.07, 6.45) is 0. The summed E-state index contributed by atoms with van der Waals surface area (Å²) in [5.74, 6) is 0. The standard InChI is InChI=1S/C62H36N2S2/c1-3-15-39(16-4-1)63-57-23-11-7-19-41(57)53-31-49-45-27-38-30-48(56-36-66-62-26-14-10-22-44(56)62)52-34-60-54(42-20-8-12-24-58(42)64(60)40-17-5-2-6-18-40)32-50(52)46(38)28-37(45)29-47(51(49)33-59(53)63)55-35-65-61-25-13-9-21-43(55)61/h1-36H. The van der Waals surface area contributed by atoms with Gasteiger partial charge in [-0.05, 0) is 162 Å². The Kier molecular flexibility index (Phi) is 7.57. The molecule has 0 N–H and O–H groups in total. The largest absolute Gasteiger partial charge is 0.309 e. The van der Waals surface area contributed by atoms with E-state index < -0.39 is 0 Å². The lowest BCUT2D eigenvalue weighted by atomic mass is 9.87. The van der Waals surface area contributed by atoms with Crippen molar-refractivity contribution in [2.45, 2.75) is 0 Å². The highest BCUT2D eigenvalue weighted by molar-refractivity contribution is 7.18. The van der Waals surface area contributed by atoms with Crippen LogP contribution in [0, 0.1) is 0 Å². The number of thiophene rings is 2. The Hall–Kier alpha value is -8.02. The molecule has 0 spiro atoms. The van der Waals surface area contributed by atoms with Gasteiger partial charge in [-0.3, -0.25) is 0 Å². The van der Waals surface area contributed by atoms with Crippen LogP contribution < -0.4 is 0 Å². The van der Waals surface area contributed by atoms with Crippen molar-refractivity contribution in [2.75, 3.05) is 0 Å². The number of aromatic nitrogens is 2. The molecule has 0 saturated carbocycles. The molecule has 0 amide bonds. The lowest BCUT2D eigenvalue weighted by Gasteiger charge is -2.16. The molecule has 11 aromatic carbocycles. The Balaban J connectivity index is 1.11. The highest BCUT2D eigenvalue weighted by atomic mass is 32.1. The molecule has 4 aromatic heterocycles. The smallest absolute Gasteiger partial charge is 0.0547 e. The zero-order valence-corrected chi connectivity index (χ0v) is 37.1. The van der Waals surface area contributed by atoms with Crippen LogP contribution >= 0.6 is 22.7 Å². The first-order chi connectivity index (χ1) is 32.7. The number of hydrogen-bond acceptors (Lipinski definition) is 2. The Bertz CT molecular complexity index is 4220. The molecule has 15 rings (SSSR count). The number of benzene rings is 11. The van der Waals surface area contributed by atoms with Crippen molar-refractivity contribution in [1.29, 1.82) is 0 Å². The molecule has 0 saturated heterocycles. The molecule has 0 aliphatic heterocycles. The maximum atomic E-state index is 2.50. The van der Waals surface area contributed by atoms with E-state index >= 15 is 0 Å². The first kappa shape index (κ1) is 36.3. The second kappa shape index (κ2) is 13.7. The minimum Gasteiger partial charge on any atom is -0.309 e. The fraction of sp³-hybridized carbons (Fsp3) is 0. The van der Waals surface area contributed by atoms with Gasteiger partial charge < -0.3 is 9.13 Å². The summed E-state index contributed by atoms with van der Waals surface area (Å²) < 4.78 is 7.50. The van der Waals surface area contributed by atoms with Gasteiger partial charge in [0.1, 0.15) is 0 Å². The van der Waals surface area contributed by atoms with Gasteiger partial charge in [0.25, 0.3) is 0 Å². The van der Waals surface area contributed by atoms with E-state index in [0.717, 1.165) is 0 Å². The molecule has 4 heterocycles. The minimum absolute atomic E-state index is 1.17. The quantitative estimate of drug-likeness (QED) is 0.123. The normalized spacial score (nSPS) is 12.2. The molecule has 0 atom stereocenters. The zero-order valence-electron chi connectivity index (χ0n) is 35.5. The summed E-state index contributed by atoms with van der Waals surface area (Å²) in [6.45, 7) is 0. The topological polar surface area (TPSA) is 9.86 Å². The van der Waals surface area contributed by atoms with Crippen LogP contribution in [0.1, 0.15) is 0 Å². The van der Waals surface area contributed by atoms with E-state index in [1.165, 1.54) is 141 Å². The molecule has 0 bridgehead atoms. The van der Waals surface area contributed by atoms with E-state index in [-0.39, 0.29) is 0 Å². The number of hydrogen-bond donors (Lipinski definition) is 0. The first-order valence-corrected chi connectivity index (χ1v) is 24.3. The maximum absolute atomic E-state index is 2.50. The molecule has 306 valence electrons. The first-order valence-electron chi connectivity index (χ1n) is 22.5. The Morgan fingerprint density at radius 3 is 1.09 bits per heavy atom. The molecule has 0 radical (unpaired) electrons. The van der Waals surface area contributed by atoms with E-state index in [9.17, 15) is 0 Å². The second-order valence-corrected chi connectivity index (χ2v) is 19.5. The van der Waals surface area contributed by atoms with Gasteiger partial charge in [0.15, 0.2) is 0 Å². The van der Waals surface area contributed by atoms with Gasteiger partial charge in [-0.2, -0.15) is 0 Å². The van der Waals surface area contributed by atoms with Crippen molar-refractivity contribution in [3.63, 3.8) is 0 Å². The van der Waals surface area contributed by atoms with Crippen LogP contribution in [0.4, 0.5) is 0 Å². The molecule has 0 aliphatic carbocycles. The summed E-state index contributed by atoms with van der Waals surface area (Å²) in [5, 5.41) is 22.5. The van der Waals surface area contributed by atoms with Gasteiger partial charge in [0.2, 0.25) is 0 Å². The van der Waals surface area contributed by atoms with Crippen molar-refractivity contribution in [2.24, 2.45) is 0 Å². The van der Waals surface area contributed by atoms with Crippen molar-refractivity contribution in [3.05, 3.63) is 217 Å². The SMILES string of the molecule is c1ccc(-n2c3ccccc3c3cc4c(cc32)c(-c2csc3ccccc23)cc2cc3c(cc(-c5csc6ccccc56)c5cc6c(cc53)c3ccccc3n6-c3ccccc3)cc24)cc1. The number of para-hydroxylation sites is 4. The summed E-state index contributed by atoms with van der Waals surface area (Å²) in [6, 6.07) is 77.1. The Morgan fingerprint density at radius 2 is 0.636 bits per heavy atom. The predicted octanol–water partition coefficient (Wildman–Crippen LogP) is 18.3. The van der Waals surface area contributed by atoms with Crippen molar-refractivity contribution < 1.29 is 0 Å². The third-order valence-corrected chi connectivity index (χ3v) is 16.1. The summed E-state index contributed by atoms with van der Waals surface area (Å²) in [5.41, 5.74) is 12.3. The van der Waals surface area contributed by atoms with Gasteiger partial charge in [0, 0.05) is 64.2 Å². The van der Waals surface area contributed by atoms with Crippen LogP contribution in [-0.4, -0.2) is 9.13 Å². The average Bonchev–Trinajstić information content (AvgIpc) is 4.16. The van der Waals surface area contributed by atoms with Gasteiger partial charge in [-0.15, -0.1) is 22.7 Å². The predicted molar refractivity (Wildman–Crippen MR) is 287 cm³/mol. The second-order valence-electron chi connectivity index (χ2n) is 17.6. The molecular formula is C62H36N2S2. The number of nitrogens with zero attached hydrogens (tertiary/aromatic N) is 2. The Labute approximate surface area is 387 Å². The summed E-state index contributed by atoms with van der Waals surface area (Å²) >= 11 is 3.66. The van der Waals surface area contributed by atoms with Crippen LogP contribution in [0.25, 0.3) is 141 Å². The van der Waals surface area contributed by atoms with Crippen LogP contribution in [0.5, 0.6) is 0 Å². The van der Waals surface area contributed by atoms with Gasteiger partial charge in [-0.25, -0.2) is 0 Å². The molecule has 0 fully saturated rings. The number of fused-ring (bicyclic) bond motifs is 14. The van der Waals surface area contributed by atoms with Crippen LogP contribution in [0.2, 0.25) is 0 Å². The molecule has 0 aliphatic rings. The minimum atomic E-state index is 1.17. The summed E-state index contributed by atoms with van der Waals surface area (Å²) in [7, 11) is 0. The van der Waals surface area contributed by atoms with Gasteiger partial charge in [-0.1, -0.05) is 109 Å². The average molecular weight is 873 g/mol. The third kappa shape index (κ3) is 5.11. The molecule has 4 heteroatoms. The zero-order chi connectivity index (χ0) is 43.0. The van der Waals surface area contributed by atoms with Crippen molar-refractivity contribution >= 4 is 130 Å². The summed E-state index contributed by atoms with van der Waals surface area (Å²) in [4.78, 5) is 0. The fourth-order valence-electron chi connectivity index (χ4n) is 11.3. The molecular weight excluding hydrogens is 837 g/mol. The monoisotopic (exact) mass is 872 g/mol. The van der Waals surface area contributed by atoms with Crippen LogP contribution in [-0.2, 0) is 0 Å². The van der Waals surface area contributed by atoms with Crippen molar-refractivity contribution in [1.82, 2.24) is 9.13 Å². The van der Waals surface area contributed by atoms with E-state index in [1.807, 2.05) is 22.7 Å². The van der Waals surface area contributed by atoms with Gasteiger partial charge >= 0.3 is 0 Å². The highest BCUT2D eigenvalue weighted by Crippen LogP contribution is 2.48. The molecule has 2 nitrogen and oxygen atoms in total. The van der Waals surface area contributed by atoms with E-state index in [4.69, 9.17) is 0 Å². The van der Waals surface area contributed by atoms with Crippen LogP contribution in [0.3, 0.4) is 0 Å². The lowest BCUT2D eigenvalue weighted by molar-refractivity contribution is 1.18. The molecule has 0 unspecified atom stereocenters.